The summed E-state index contributed by atoms with van der Waals surface area (Å²) in [5.41, 5.74) is -0.284. The van der Waals surface area contributed by atoms with Crippen LogP contribution in [0.5, 0.6) is 0 Å². The van der Waals surface area contributed by atoms with Crippen LogP contribution in [-0.4, -0.2) is 13.1 Å². The van der Waals surface area contributed by atoms with E-state index in [-0.39, 0.29) is 0 Å². The van der Waals surface area contributed by atoms with Crippen LogP contribution in [0.3, 0.4) is 0 Å². The smallest absolute Gasteiger partial charge is 0.139 e. The zero-order valence-electron chi connectivity index (χ0n) is 7.85. The summed E-state index contributed by atoms with van der Waals surface area (Å²) in [4.78, 5) is 0. The van der Waals surface area contributed by atoms with Gasteiger partial charge in [-0.15, -0.1) is 0 Å². The molecule has 1 unspecified atom stereocenters. The van der Waals surface area contributed by atoms with Crippen molar-refractivity contribution in [1.82, 2.24) is 5.32 Å². The van der Waals surface area contributed by atoms with Crippen LogP contribution >= 0.6 is 27.3 Å². The van der Waals surface area contributed by atoms with E-state index in [4.69, 9.17) is 0 Å². The van der Waals surface area contributed by atoms with Crippen LogP contribution in [0.4, 0.5) is 4.39 Å². The molecule has 1 aliphatic heterocycles. The lowest BCUT2D eigenvalue weighted by atomic mass is 9.91. The van der Waals surface area contributed by atoms with Crippen LogP contribution in [0.25, 0.3) is 0 Å². The third-order valence-corrected chi connectivity index (χ3v) is 4.42. The highest BCUT2D eigenvalue weighted by atomic mass is 79.9. The number of nitrogens with one attached hydrogen (secondary N) is 1. The Kier molecular flexibility index (Phi) is 3.24. The molecule has 0 saturated carbocycles. The van der Waals surface area contributed by atoms with Crippen molar-refractivity contribution in [3.8, 4) is 0 Å². The third-order valence-electron chi connectivity index (χ3n) is 2.72. The molecule has 1 aromatic rings. The van der Waals surface area contributed by atoms with Crippen LogP contribution < -0.4 is 5.32 Å². The number of alkyl halides is 1. The van der Waals surface area contributed by atoms with Gasteiger partial charge in [0, 0.05) is 15.4 Å². The van der Waals surface area contributed by atoms with Crippen LogP contribution in [0.15, 0.2) is 15.2 Å². The molecule has 1 atom stereocenters. The summed E-state index contributed by atoms with van der Waals surface area (Å²) < 4.78 is 15.5. The standard InChI is InChI=1S/C10H13BrFNS/c11-9-7-14-6-8(9)10(12)2-1-4-13-5-3-10/h6-7,13H,1-5H2. The molecule has 0 aromatic carbocycles. The molecule has 0 spiro atoms. The lowest BCUT2D eigenvalue weighted by molar-refractivity contribution is 0.144. The van der Waals surface area contributed by atoms with E-state index < -0.39 is 5.67 Å². The Hall–Kier alpha value is 0.0700. The zero-order chi connectivity index (χ0) is 10.0. The van der Waals surface area contributed by atoms with Gasteiger partial charge in [0.2, 0.25) is 0 Å². The topological polar surface area (TPSA) is 12.0 Å². The molecule has 4 heteroatoms. The Morgan fingerprint density at radius 3 is 2.93 bits per heavy atom. The summed E-state index contributed by atoms with van der Waals surface area (Å²) in [6.07, 6.45) is 2.14. The van der Waals surface area contributed by atoms with E-state index in [9.17, 15) is 4.39 Å². The maximum absolute atomic E-state index is 14.6. The molecule has 1 aliphatic rings. The molecule has 1 aromatic heterocycles. The predicted octanol–water partition coefficient (Wildman–Crippen LogP) is 3.45. The summed E-state index contributed by atoms with van der Waals surface area (Å²) in [5.74, 6) is 0. The van der Waals surface area contributed by atoms with E-state index >= 15 is 0 Å². The monoisotopic (exact) mass is 277 g/mol. The Morgan fingerprint density at radius 2 is 2.21 bits per heavy atom. The van der Waals surface area contributed by atoms with Crippen molar-refractivity contribution >= 4 is 27.3 Å². The quantitative estimate of drug-likeness (QED) is 0.829. The third kappa shape index (κ3) is 2.02. The average Bonchev–Trinajstić information content (AvgIpc) is 2.46. The number of hydrogen-bond acceptors (Lipinski definition) is 2. The maximum Gasteiger partial charge on any atom is 0.139 e. The van der Waals surface area contributed by atoms with Gasteiger partial charge in [0.05, 0.1) is 0 Å². The van der Waals surface area contributed by atoms with Gasteiger partial charge in [0.15, 0.2) is 0 Å². The molecule has 14 heavy (non-hydrogen) atoms. The lowest BCUT2D eigenvalue weighted by Gasteiger charge is -2.22. The van der Waals surface area contributed by atoms with Crippen molar-refractivity contribution < 1.29 is 4.39 Å². The molecule has 0 aliphatic carbocycles. The Morgan fingerprint density at radius 1 is 1.36 bits per heavy atom. The van der Waals surface area contributed by atoms with Crippen molar-refractivity contribution in [1.29, 1.82) is 0 Å². The molecule has 78 valence electrons. The second kappa shape index (κ2) is 4.29. The van der Waals surface area contributed by atoms with Crippen molar-refractivity contribution in [2.45, 2.75) is 24.9 Å². The highest BCUT2D eigenvalue weighted by Gasteiger charge is 2.34. The predicted molar refractivity (Wildman–Crippen MR) is 61.5 cm³/mol. The summed E-state index contributed by atoms with van der Waals surface area (Å²) in [7, 11) is 0. The van der Waals surface area contributed by atoms with Gasteiger partial charge < -0.3 is 5.32 Å². The summed E-state index contributed by atoms with van der Waals surface area (Å²) >= 11 is 4.97. The first kappa shape index (κ1) is 10.6. The summed E-state index contributed by atoms with van der Waals surface area (Å²) in [6.45, 7) is 1.71. The first-order valence-electron chi connectivity index (χ1n) is 4.84. The Labute approximate surface area is 95.8 Å². The van der Waals surface area contributed by atoms with Crippen molar-refractivity contribution in [3.05, 3.63) is 20.8 Å². The fourth-order valence-electron chi connectivity index (χ4n) is 1.90. The van der Waals surface area contributed by atoms with Gasteiger partial charge in [-0.2, -0.15) is 11.3 Å². The molecule has 0 amide bonds. The lowest BCUT2D eigenvalue weighted by Crippen LogP contribution is -2.22. The highest BCUT2D eigenvalue weighted by molar-refractivity contribution is 9.10. The number of thiophene rings is 1. The number of hydrogen-bond donors (Lipinski definition) is 1. The van der Waals surface area contributed by atoms with E-state index in [1.165, 1.54) is 0 Å². The Balaban J connectivity index is 2.25. The minimum absolute atomic E-state index is 0.586. The molecule has 1 fully saturated rings. The van der Waals surface area contributed by atoms with E-state index in [2.05, 4.69) is 21.2 Å². The SMILES string of the molecule is FC1(c2cscc2Br)CCCNCC1. The van der Waals surface area contributed by atoms with E-state index in [1.54, 1.807) is 11.3 Å². The summed E-state index contributed by atoms with van der Waals surface area (Å²) in [6, 6.07) is 0. The minimum atomic E-state index is -1.12. The first-order chi connectivity index (χ1) is 6.72. The van der Waals surface area contributed by atoms with Gasteiger partial charge >= 0.3 is 0 Å². The van der Waals surface area contributed by atoms with Crippen molar-refractivity contribution in [2.75, 3.05) is 13.1 Å². The van der Waals surface area contributed by atoms with Crippen LogP contribution in [0, 0.1) is 0 Å². The van der Waals surface area contributed by atoms with E-state index in [0.29, 0.717) is 12.8 Å². The van der Waals surface area contributed by atoms with Crippen molar-refractivity contribution in [3.63, 3.8) is 0 Å². The highest BCUT2D eigenvalue weighted by Crippen LogP contribution is 2.41. The molecule has 2 rings (SSSR count). The molecular weight excluding hydrogens is 265 g/mol. The molecule has 0 bridgehead atoms. The van der Waals surface area contributed by atoms with Crippen LogP contribution in [-0.2, 0) is 5.67 Å². The van der Waals surface area contributed by atoms with Gasteiger partial charge in [0.1, 0.15) is 5.67 Å². The first-order valence-corrected chi connectivity index (χ1v) is 6.58. The van der Waals surface area contributed by atoms with Crippen molar-refractivity contribution in [2.24, 2.45) is 0 Å². The van der Waals surface area contributed by atoms with Gasteiger partial charge in [-0.1, -0.05) is 0 Å². The fraction of sp³-hybridized carbons (Fsp3) is 0.600. The molecule has 1 saturated heterocycles. The van der Waals surface area contributed by atoms with Gasteiger partial charge in [-0.25, -0.2) is 4.39 Å². The van der Waals surface area contributed by atoms with Crippen LogP contribution in [0.1, 0.15) is 24.8 Å². The fourth-order valence-corrected chi connectivity index (χ4v) is 3.63. The molecule has 1 nitrogen and oxygen atoms in total. The summed E-state index contributed by atoms with van der Waals surface area (Å²) in [5, 5.41) is 7.11. The van der Waals surface area contributed by atoms with Gasteiger partial charge in [-0.3, -0.25) is 0 Å². The molecule has 2 heterocycles. The minimum Gasteiger partial charge on any atom is -0.317 e. The average molecular weight is 278 g/mol. The van der Waals surface area contributed by atoms with Crippen LogP contribution in [0.2, 0.25) is 0 Å². The maximum atomic E-state index is 14.6. The second-order valence-electron chi connectivity index (χ2n) is 3.70. The molecule has 0 radical (unpaired) electrons. The zero-order valence-corrected chi connectivity index (χ0v) is 10.3. The van der Waals surface area contributed by atoms with Gasteiger partial charge in [-0.05, 0) is 53.7 Å². The normalized spacial score (nSPS) is 28.7. The molecule has 1 N–H and O–H groups in total. The van der Waals surface area contributed by atoms with E-state index in [1.807, 2.05) is 10.8 Å². The second-order valence-corrected chi connectivity index (χ2v) is 5.30. The number of halogens is 2. The van der Waals surface area contributed by atoms with E-state index in [0.717, 1.165) is 29.5 Å². The van der Waals surface area contributed by atoms with Gasteiger partial charge in [0.25, 0.3) is 0 Å². The number of rotatable bonds is 1. The molecular formula is C10H13BrFNS. The largest absolute Gasteiger partial charge is 0.317 e. The Bertz CT molecular complexity index is 305.